The minimum absolute atomic E-state index is 0.416. The molecule has 4 heteroatoms. The molecule has 1 atom stereocenters. The highest BCUT2D eigenvalue weighted by Gasteiger charge is 2.02. The van der Waals surface area contributed by atoms with Crippen LogP contribution in [-0.4, -0.2) is 56.3 Å². The number of ether oxygens (including phenoxy) is 1. The summed E-state index contributed by atoms with van der Waals surface area (Å²) in [5.41, 5.74) is 1.16. The van der Waals surface area contributed by atoms with E-state index in [1.165, 1.54) is 0 Å². The second-order valence-corrected chi connectivity index (χ2v) is 4.68. The molecule has 4 nitrogen and oxygen atoms in total. The van der Waals surface area contributed by atoms with E-state index in [0.29, 0.717) is 6.04 Å². The molecule has 0 fully saturated rings. The number of pyridine rings is 1. The Bertz CT molecular complexity index is 305. The summed E-state index contributed by atoms with van der Waals surface area (Å²) in [6.45, 7) is 5.97. The first-order chi connectivity index (χ1) is 8.72. The molecule has 1 heterocycles. The monoisotopic (exact) mass is 251 g/mol. The summed E-state index contributed by atoms with van der Waals surface area (Å²) in [6, 6.07) is 6.48. The lowest BCUT2D eigenvalue weighted by Gasteiger charge is -2.18. The Labute approximate surface area is 110 Å². The van der Waals surface area contributed by atoms with Gasteiger partial charge in [0.25, 0.3) is 0 Å². The van der Waals surface area contributed by atoms with E-state index in [2.05, 4.69) is 35.2 Å². The van der Waals surface area contributed by atoms with Gasteiger partial charge in [0.05, 0.1) is 6.61 Å². The zero-order chi connectivity index (χ0) is 13.2. The molecule has 1 aromatic heterocycles. The predicted molar refractivity (Wildman–Crippen MR) is 74.8 cm³/mol. The summed E-state index contributed by atoms with van der Waals surface area (Å²) in [5, 5.41) is 3.43. The van der Waals surface area contributed by atoms with Crippen LogP contribution in [0.3, 0.4) is 0 Å². The Balaban J connectivity index is 2.09. The van der Waals surface area contributed by atoms with Gasteiger partial charge in [-0.1, -0.05) is 6.07 Å². The standard InChI is InChI=1S/C14H25N3O/c1-13(12-18-3)15-9-11-17(2)10-7-14-6-4-5-8-16-14/h4-6,8,13,15H,7,9-12H2,1-3H3. The van der Waals surface area contributed by atoms with Crippen LogP contribution in [0.1, 0.15) is 12.6 Å². The van der Waals surface area contributed by atoms with Crippen molar-refractivity contribution in [3.8, 4) is 0 Å². The van der Waals surface area contributed by atoms with Crippen molar-refractivity contribution in [1.82, 2.24) is 15.2 Å². The van der Waals surface area contributed by atoms with E-state index in [1.807, 2.05) is 18.3 Å². The van der Waals surface area contributed by atoms with Gasteiger partial charge in [0.1, 0.15) is 0 Å². The predicted octanol–water partition coefficient (Wildman–Crippen LogP) is 1.18. The van der Waals surface area contributed by atoms with Crippen molar-refractivity contribution in [2.45, 2.75) is 19.4 Å². The van der Waals surface area contributed by atoms with Crippen LogP contribution in [0, 0.1) is 0 Å². The third kappa shape index (κ3) is 6.69. The first-order valence-electron chi connectivity index (χ1n) is 6.53. The molecule has 0 bridgehead atoms. The number of methoxy groups -OCH3 is 1. The van der Waals surface area contributed by atoms with Gasteiger partial charge in [-0.15, -0.1) is 0 Å². The molecule has 0 saturated heterocycles. The molecule has 0 aliphatic carbocycles. The fourth-order valence-electron chi connectivity index (χ4n) is 1.77. The minimum atomic E-state index is 0.416. The molecule has 0 aromatic carbocycles. The zero-order valence-electron chi connectivity index (χ0n) is 11.7. The lowest BCUT2D eigenvalue weighted by Crippen LogP contribution is -2.37. The molecule has 102 valence electrons. The molecule has 1 aromatic rings. The van der Waals surface area contributed by atoms with Crippen molar-refractivity contribution in [3.05, 3.63) is 30.1 Å². The van der Waals surface area contributed by atoms with Gasteiger partial charge in [-0.05, 0) is 26.1 Å². The SMILES string of the molecule is COCC(C)NCCN(C)CCc1ccccn1. The maximum atomic E-state index is 5.08. The second kappa shape index (κ2) is 9.03. The maximum Gasteiger partial charge on any atom is 0.0613 e. The Hall–Kier alpha value is -0.970. The number of likely N-dealkylation sites (N-methyl/N-ethyl adjacent to an activating group) is 1. The number of rotatable bonds is 9. The normalized spacial score (nSPS) is 12.9. The van der Waals surface area contributed by atoms with Gasteiger partial charge >= 0.3 is 0 Å². The third-order valence-electron chi connectivity index (χ3n) is 2.88. The number of nitrogens with one attached hydrogen (secondary N) is 1. The summed E-state index contributed by atoms with van der Waals surface area (Å²) in [7, 11) is 3.88. The van der Waals surface area contributed by atoms with Crippen molar-refractivity contribution in [2.75, 3.05) is 40.4 Å². The van der Waals surface area contributed by atoms with Crippen LogP contribution in [-0.2, 0) is 11.2 Å². The topological polar surface area (TPSA) is 37.4 Å². The molecule has 0 saturated carbocycles. The van der Waals surface area contributed by atoms with Gasteiger partial charge in [0, 0.05) is 51.1 Å². The number of aromatic nitrogens is 1. The molecule has 1 unspecified atom stereocenters. The van der Waals surface area contributed by atoms with Gasteiger partial charge in [-0.25, -0.2) is 0 Å². The van der Waals surface area contributed by atoms with Crippen molar-refractivity contribution in [2.24, 2.45) is 0 Å². The van der Waals surface area contributed by atoms with Crippen LogP contribution >= 0.6 is 0 Å². The minimum Gasteiger partial charge on any atom is -0.383 e. The molecular weight excluding hydrogens is 226 g/mol. The molecular formula is C14H25N3O. The van der Waals surface area contributed by atoms with Gasteiger partial charge in [-0.2, -0.15) is 0 Å². The Morgan fingerprint density at radius 2 is 2.22 bits per heavy atom. The quantitative estimate of drug-likeness (QED) is 0.715. The molecule has 18 heavy (non-hydrogen) atoms. The van der Waals surface area contributed by atoms with E-state index in [4.69, 9.17) is 4.74 Å². The molecule has 0 aliphatic heterocycles. The Morgan fingerprint density at radius 1 is 1.39 bits per heavy atom. The highest BCUT2D eigenvalue weighted by Crippen LogP contribution is 1.96. The van der Waals surface area contributed by atoms with Crippen LogP contribution in [0.15, 0.2) is 24.4 Å². The fourth-order valence-corrected chi connectivity index (χ4v) is 1.77. The largest absolute Gasteiger partial charge is 0.383 e. The van der Waals surface area contributed by atoms with Crippen molar-refractivity contribution >= 4 is 0 Å². The van der Waals surface area contributed by atoms with Crippen LogP contribution in [0.25, 0.3) is 0 Å². The summed E-state index contributed by atoms with van der Waals surface area (Å²) in [5.74, 6) is 0. The van der Waals surface area contributed by atoms with E-state index >= 15 is 0 Å². The Kier molecular flexibility index (Phi) is 7.57. The highest BCUT2D eigenvalue weighted by molar-refractivity contribution is 5.03. The van der Waals surface area contributed by atoms with Crippen LogP contribution < -0.4 is 5.32 Å². The first-order valence-corrected chi connectivity index (χ1v) is 6.53. The summed E-state index contributed by atoms with van der Waals surface area (Å²) >= 11 is 0. The average molecular weight is 251 g/mol. The lowest BCUT2D eigenvalue weighted by atomic mass is 10.2. The van der Waals surface area contributed by atoms with E-state index < -0.39 is 0 Å². The molecule has 1 rings (SSSR count). The smallest absolute Gasteiger partial charge is 0.0613 e. The molecule has 0 aliphatic rings. The lowest BCUT2D eigenvalue weighted by molar-refractivity contribution is 0.170. The van der Waals surface area contributed by atoms with E-state index in [9.17, 15) is 0 Å². The number of hydrogen-bond donors (Lipinski definition) is 1. The first kappa shape index (κ1) is 15.1. The van der Waals surface area contributed by atoms with Crippen LogP contribution in [0.4, 0.5) is 0 Å². The van der Waals surface area contributed by atoms with Crippen molar-refractivity contribution < 1.29 is 4.74 Å². The summed E-state index contributed by atoms with van der Waals surface area (Å²) < 4.78 is 5.08. The van der Waals surface area contributed by atoms with Gasteiger partial charge in [0.2, 0.25) is 0 Å². The van der Waals surface area contributed by atoms with Gasteiger partial charge in [0.15, 0.2) is 0 Å². The van der Waals surface area contributed by atoms with Crippen molar-refractivity contribution in [1.29, 1.82) is 0 Å². The molecule has 0 amide bonds. The van der Waals surface area contributed by atoms with Crippen molar-refractivity contribution in [3.63, 3.8) is 0 Å². The van der Waals surface area contributed by atoms with Crippen LogP contribution in [0.5, 0.6) is 0 Å². The van der Waals surface area contributed by atoms with Gasteiger partial charge < -0.3 is 15.0 Å². The molecule has 0 spiro atoms. The van der Waals surface area contributed by atoms with E-state index in [-0.39, 0.29) is 0 Å². The summed E-state index contributed by atoms with van der Waals surface area (Å²) in [4.78, 5) is 6.65. The second-order valence-electron chi connectivity index (χ2n) is 4.68. The zero-order valence-corrected chi connectivity index (χ0v) is 11.7. The van der Waals surface area contributed by atoms with E-state index in [1.54, 1.807) is 7.11 Å². The molecule has 1 N–H and O–H groups in total. The van der Waals surface area contributed by atoms with Gasteiger partial charge in [-0.3, -0.25) is 4.98 Å². The maximum absolute atomic E-state index is 5.08. The van der Waals surface area contributed by atoms with E-state index in [0.717, 1.165) is 38.4 Å². The third-order valence-corrected chi connectivity index (χ3v) is 2.88. The Morgan fingerprint density at radius 3 is 2.89 bits per heavy atom. The number of hydrogen-bond acceptors (Lipinski definition) is 4. The van der Waals surface area contributed by atoms with Crippen LogP contribution in [0.2, 0.25) is 0 Å². The molecule has 0 radical (unpaired) electrons. The average Bonchev–Trinajstić information content (AvgIpc) is 2.38. The highest BCUT2D eigenvalue weighted by atomic mass is 16.5. The number of nitrogens with zero attached hydrogens (tertiary/aromatic N) is 2. The summed E-state index contributed by atoms with van der Waals surface area (Å²) in [6.07, 6.45) is 2.86. The fraction of sp³-hybridized carbons (Fsp3) is 0.643.